The molecule has 39 heavy (non-hydrogen) atoms. The zero-order chi connectivity index (χ0) is 27.7. The van der Waals surface area contributed by atoms with Crippen molar-refractivity contribution >= 4 is 27.4 Å². The number of anilines is 2. The number of hydrogen-bond donors (Lipinski definition) is 3. The topological polar surface area (TPSA) is 146 Å². The average Bonchev–Trinajstić information content (AvgIpc) is 2.93. The second kappa shape index (κ2) is 12.9. The first-order valence-corrected chi connectivity index (χ1v) is 14.1. The van der Waals surface area contributed by atoms with Crippen molar-refractivity contribution in [2.45, 2.75) is 6.42 Å². The van der Waals surface area contributed by atoms with Crippen LogP contribution in [0.4, 0.5) is 11.5 Å². The number of nitrogens with two attached hydrogens (primary N) is 1. The number of nitrogens with zero attached hydrogens (tertiary/aromatic N) is 2. The van der Waals surface area contributed by atoms with E-state index in [1.165, 1.54) is 11.8 Å². The molecule has 1 amide bonds. The van der Waals surface area contributed by atoms with Gasteiger partial charge in [0, 0.05) is 29.8 Å². The predicted octanol–water partition coefficient (Wildman–Crippen LogP) is 3.73. The van der Waals surface area contributed by atoms with Crippen LogP contribution in [0.2, 0.25) is 0 Å². The van der Waals surface area contributed by atoms with E-state index in [0.29, 0.717) is 34.9 Å². The Balaban J connectivity index is 1.42. The van der Waals surface area contributed by atoms with Gasteiger partial charge in [-0.1, -0.05) is 42.5 Å². The third kappa shape index (κ3) is 8.25. The Morgan fingerprint density at radius 2 is 1.72 bits per heavy atom. The van der Waals surface area contributed by atoms with E-state index in [1.807, 2.05) is 18.2 Å². The molecule has 0 radical (unpaired) electrons. The molecule has 202 valence electrons. The third-order valence-corrected chi connectivity index (χ3v) is 5.98. The SMILES string of the molecule is CS(=O)(=O)Nc1nc(-c2cccc(C(=O)Nc3ccc(OCCc4ccccc4)cc3)c2)cnc1OCCN. The second-order valence-electron chi connectivity index (χ2n) is 8.56. The van der Waals surface area contributed by atoms with Crippen LogP contribution in [0.5, 0.6) is 11.6 Å². The largest absolute Gasteiger partial charge is 0.493 e. The summed E-state index contributed by atoms with van der Waals surface area (Å²) in [5.41, 5.74) is 8.59. The summed E-state index contributed by atoms with van der Waals surface area (Å²) in [7, 11) is -3.64. The first-order valence-electron chi connectivity index (χ1n) is 12.2. The maximum absolute atomic E-state index is 12.9. The highest BCUT2D eigenvalue weighted by Crippen LogP contribution is 2.26. The number of rotatable bonds is 12. The quantitative estimate of drug-likeness (QED) is 0.243. The third-order valence-electron chi connectivity index (χ3n) is 5.41. The Hall–Kier alpha value is -4.48. The fourth-order valence-electron chi connectivity index (χ4n) is 3.61. The first-order chi connectivity index (χ1) is 18.8. The van der Waals surface area contributed by atoms with Crippen molar-refractivity contribution in [1.82, 2.24) is 9.97 Å². The number of carbonyl (C=O) groups is 1. The summed E-state index contributed by atoms with van der Waals surface area (Å²) < 4.78 is 37.1. The number of carbonyl (C=O) groups excluding carboxylic acids is 1. The van der Waals surface area contributed by atoms with Gasteiger partial charge >= 0.3 is 0 Å². The molecular weight excluding hydrogens is 518 g/mol. The molecule has 10 nitrogen and oxygen atoms in total. The van der Waals surface area contributed by atoms with E-state index in [9.17, 15) is 13.2 Å². The van der Waals surface area contributed by atoms with Gasteiger partial charge in [0.25, 0.3) is 11.8 Å². The fraction of sp³-hybridized carbons (Fsp3) is 0.179. The highest BCUT2D eigenvalue weighted by atomic mass is 32.2. The van der Waals surface area contributed by atoms with Gasteiger partial charge in [-0.3, -0.25) is 9.52 Å². The molecule has 3 aromatic carbocycles. The zero-order valence-electron chi connectivity index (χ0n) is 21.3. The van der Waals surface area contributed by atoms with Crippen LogP contribution in [0, 0.1) is 0 Å². The average molecular weight is 548 g/mol. The van der Waals surface area contributed by atoms with Gasteiger partial charge in [-0.15, -0.1) is 0 Å². The van der Waals surface area contributed by atoms with Crippen molar-refractivity contribution in [3.8, 4) is 22.9 Å². The molecule has 1 heterocycles. The van der Waals surface area contributed by atoms with Crippen LogP contribution in [0.15, 0.2) is 85.1 Å². The molecule has 1 aromatic heterocycles. The predicted molar refractivity (Wildman–Crippen MR) is 151 cm³/mol. The Morgan fingerprint density at radius 3 is 2.44 bits per heavy atom. The van der Waals surface area contributed by atoms with Crippen molar-refractivity contribution in [2.75, 3.05) is 36.1 Å². The number of amides is 1. The number of nitrogens with one attached hydrogen (secondary N) is 2. The number of hydrogen-bond acceptors (Lipinski definition) is 8. The van der Waals surface area contributed by atoms with Crippen LogP contribution in [-0.4, -0.2) is 50.3 Å². The van der Waals surface area contributed by atoms with E-state index in [0.717, 1.165) is 12.7 Å². The van der Waals surface area contributed by atoms with Gasteiger partial charge in [0.15, 0.2) is 0 Å². The summed E-state index contributed by atoms with van der Waals surface area (Å²) in [6, 6.07) is 24.0. The molecule has 0 aliphatic carbocycles. The van der Waals surface area contributed by atoms with E-state index >= 15 is 0 Å². The molecule has 0 fully saturated rings. The summed E-state index contributed by atoms with van der Waals surface area (Å²) in [6.45, 7) is 0.915. The lowest BCUT2D eigenvalue weighted by Gasteiger charge is -2.12. The molecule has 0 saturated carbocycles. The van der Waals surface area contributed by atoms with E-state index in [-0.39, 0.29) is 30.8 Å². The van der Waals surface area contributed by atoms with Crippen LogP contribution < -0.4 is 25.2 Å². The normalized spacial score (nSPS) is 11.0. The molecule has 4 aromatic rings. The lowest BCUT2D eigenvalue weighted by atomic mass is 10.1. The zero-order valence-corrected chi connectivity index (χ0v) is 22.1. The fourth-order valence-corrected chi connectivity index (χ4v) is 4.09. The van der Waals surface area contributed by atoms with Crippen LogP contribution in [0.3, 0.4) is 0 Å². The van der Waals surface area contributed by atoms with Crippen molar-refractivity contribution in [3.63, 3.8) is 0 Å². The van der Waals surface area contributed by atoms with E-state index in [1.54, 1.807) is 48.5 Å². The lowest BCUT2D eigenvalue weighted by Crippen LogP contribution is -2.16. The highest BCUT2D eigenvalue weighted by molar-refractivity contribution is 7.92. The number of ether oxygens (including phenoxy) is 2. The maximum atomic E-state index is 12.9. The van der Waals surface area contributed by atoms with Crippen molar-refractivity contribution in [2.24, 2.45) is 5.73 Å². The molecular formula is C28H29N5O5S. The summed E-state index contributed by atoms with van der Waals surface area (Å²) in [4.78, 5) is 21.5. The molecule has 0 unspecified atom stereocenters. The summed E-state index contributed by atoms with van der Waals surface area (Å²) in [5.74, 6) is 0.335. The molecule has 0 aliphatic heterocycles. The maximum Gasteiger partial charge on any atom is 0.258 e. The first kappa shape index (κ1) is 27.6. The molecule has 4 rings (SSSR count). The van der Waals surface area contributed by atoms with E-state index in [4.69, 9.17) is 15.2 Å². The number of benzene rings is 3. The van der Waals surface area contributed by atoms with Gasteiger partial charge in [-0.25, -0.2) is 18.4 Å². The molecule has 0 aliphatic rings. The number of aromatic nitrogens is 2. The van der Waals surface area contributed by atoms with E-state index < -0.39 is 10.0 Å². The smallest absolute Gasteiger partial charge is 0.258 e. The molecule has 0 spiro atoms. The van der Waals surface area contributed by atoms with Gasteiger partial charge in [0.1, 0.15) is 12.4 Å². The minimum absolute atomic E-state index is 0.0102. The minimum atomic E-state index is -3.64. The second-order valence-corrected chi connectivity index (χ2v) is 10.3. The molecule has 0 saturated heterocycles. The molecule has 11 heteroatoms. The molecule has 0 atom stereocenters. The van der Waals surface area contributed by atoms with Crippen molar-refractivity contribution in [1.29, 1.82) is 0 Å². The monoisotopic (exact) mass is 547 g/mol. The summed E-state index contributed by atoms with van der Waals surface area (Å²) in [6.07, 6.45) is 3.24. The Bertz CT molecular complexity index is 1510. The summed E-state index contributed by atoms with van der Waals surface area (Å²) in [5, 5.41) is 2.87. The van der Waals surface area contributed by atoms with Gasteiger partial charge < -0.3 is 20.5 Å². The van der Waals surface area contributed by atoms with Crippen molar-refractivity contribution in [3.05, 3.63) is 96.2 Å². The van der Waals surface area contributed by atoms with Crippen LogP contribution in [0.1, 0.15) is 15.9 Å². The number of sulfonamides is 1. The Labute approximate surface area is 227 Å². The highest BCUT2D eigenvalue weighted by Gasteiger charge is 2.15. The van der Waals surface area contributed by atoms with Gasteiger partial charge in [-0.05, 0) is 42.0 Å². The van der Waals surface area contributed by atoms with E-state index in [2.05, 4.69) is 32.1 Å². The van der Waals surface area contributed by atoms with Gasteiger partial charge in [0.05, 0.1) is 24.8 Å². The van der Waals surface area contributed by atoms with Crippen molar-refractivity contribution < 1.29 is 22.7 Å². The lowest BCUT2D eigenvalue weighted by molar-refractivity contribution is 0.102. The van der Waals surface area contributed by atoms with Crippen LogP contribution >= 0.6 is 0 Å². The van der Waals surface area contributed by atoms with Crippen LogP contribution in [-0.2, 0) is 16.4 Å². The Kier molecular flexibility index (Phi) is 9.08. The van der Waals surface area contributed by atoms with Gasteiger partial charge in [-0.2, -0.15) is 0 Å². The Morgan fingerprint density at radius 1 is 0.949 bits per heavy atom. The summed E-state index contributed by atoms with van der Waals surface area (Å²) >= 11 is 0. The minimum Gasteiger partial charge on any atom is -0.493 e. The van der Waals surface area contributed by atoms with Gasteiger partial charge in [0.2, 0.25) is 15.8 Å². The molecule has 0 bridgehead atoms. The van der Waals surface area contributed by atoms with Crippen LogP contribution in [0.25, 0.3) is 11.3 Å². The standard InChI is InChI=1S/C28H29N5O5S/c1-39(35,36)33-26-28(38-17-15-29)30-19-25(32-26)21-8-5-9-22(18-21)27(34)31-23-10-12-24(13-11-23)37-16-14-20-6-3-2-4-7-20/h2-13,18-19H,14-17,29H2,1H3,(H,31,34)(H,32,33). The molecule has 4 N–H and O–H groups in total.